The van der Waals surface area contributed by atoms with E-state index in [-0.39, 0.29) is 6.54 Å². The van der Waals surface area contributed by atoms with Crippen LogP contribution in [0, 0.1) is 5.41 Å². The fraction of sp³-hybridized carbons (Fsp3) is 0.375. The van der Waals surface area contributed by atoms with Gasteiger partial charge in [0.25, 0.3) is 0 Å². The lowest BCUT2D eigenvalue weighted by Gasteiger charge is -2.28. The maximum absolute atomic E-state index is 13.7. The average Bonchev–Trinajstić information content (AvgIpc) is 3.19. The van der Waals surface area contributed by atoms with Gasteiger partial charge in [-0.05, 0) is 66.8 Å². The SMILES string of the molecule is COC(=O)SN(C(=O)N1CC(C)(CCCSC)C(c2ccc(C(F)(F)F)c(Cl)c2)=N1)c1ccc(Br)cc1. The van der Waals surface area contributed by atoms with Crippen LogP contribution in [0.4, 0.5) is 28.4 Å². The summed E-state index contributed by atoms with van der Waals surface area (Å²) in [4.78, 5) is 25.7. The molecule has 0 saturated carbocycles. The standard InChI is InChI=1S/C24H24BrClF3N3O3S2/c1-23(11-4-12-36-3)14-31(30-20(23)15-5-10-18(19(26)13-15)24(27,28)29)21(33)32(37-22(34)35-2)17-8-6-16(25)7-9-17/h5-10,13H,4,11-12,14H2,1-3H3. The molecule has 0 fully saturated rings. The lowest BCUT2D eigenvalue weighted by molar-refractivity contribution is -0.137. The molecule has 0 bridgehead atoms. The van der Waals surface area contributed by atoms with Gasteiger partial charge in [0.15, 0.2) is 0 Å². The molecule has 2 aromatic carbocycles. The van der Waals surface area contributed by atoms with Crippen molar-refractivity contribution in [3.8, 4) is 0 Å². The van der Waals surface area contributed by atoms with Crippen molar-refractivity contribution in [2.75, 3.05) is 30.0 Å². The predicted molar refractivity (Wildman–Crippen MR) is 147 cm³/mol. The van der Waals surface area contributed by atoms with Crippen LogP contribution in [0.25, 0.3) is 0 Å². The van der Waals surface area contributed by atoms with Gasteiger partial charge in [0.2, 0.25) is 0 Å². The molecule has 3 rings (SSSR count). The lowest BCUT2D eigenvalue weighted by Crippen LogP contribution is -2.40. The number of nitrogens with zero attached hydrogens (tertiary/aromatic N) is 3. The van der Waals surface area contributed by atoms with E-state index in [9.17, 15) is 22.8 Å². The number of rotatable bonds is 6. The lowest BCUT2D eigenvalue weighted by atomic mass is 9.78. The monoisotopic (exact) mass is 637 g/mol. The number of halogens is 5. The Balaban J connectivity index is 2.02. The number of anilines is 1. The normalized spacial score (nSPS) is 17.5. The van der Waals surface area contributed by atoms with Crippen LogP contribution in [0.5, 0.6) is 0 Å². The summed E-state index contributed by atoms with van der Waals surface area (Å²) in [6.07, 6.45) is -1.16. The first-order chi connectivity index (χ1) is 17.4. The molecule has 13 heteroatoms. The second-order valence-electron chi connectivity index (χ2n) is 8.45. The van der Waals surface area contributed by atoms with Crippen LogP contribution in [0.1, 0.15) is 30.9 Å². The molecule has 0 aromatic heterocycles. The molecule has 1 aliphatic heterocycles. The molecule has 1 aliphatic rings. The zero-order chi connectivity index (χ0) is 27.4. The fourth-order valence-corrected chi connectivity index (χ4v) is 5.50. The highest BCUT2D eigenvalue weighted by molar-refractivity contribution is 9.10. The quantitative estimate of drug-likeness (QED) is 0.181. The minimum absolute atomic E-state index is 0.170. The Morgan fingerprint density at radius 2 is 1.92 bits per heavy atom. The number of hydrazone groups is 1. The fourth-order valence-electron chi connectivity index (χ4n) is 3.89. The van der Waals surface area contributed by atoms with Crippen LogP contribution in [-0.4, -0.2) is 47.7 Å². The molecule has 2 amide bonds. The zero-order valence-electron chi connectivity index (χ0n) is 20.1. The van der Waals surface area contributed by atoms with Crippen LogP contribution >= 0.6 is 51.2 Å². The first-order valence-corrected chi connectivity index (χ1v) is 14.3. The van der Waals surface area contributed by atoms with E-state index in [4.69, 9.17) is 16.3 Å². The Kier molecular flexibility index (Phi) is 9.87. The van der Waals surface area contributed by atoms with Gasteiger partial charge < -0.3 is 4.74 Å². The van der Waals surface area contributed by atoms with Crippen molar-refractivity contribution >= 4 is 74.0 Å². The molecule has 2 aromatic rings. The van der Waals surface area contributed by atoms with Crippen LogP contribution in [-0.2, 0) is 10.9 Å². The third-order valence-electron chi connectivity index (χ3n) is 5.70. The third-order valence-corrected chi connectivity index (χ3v) is 8.11. The number of hydrogen-bond acceptors (Lipinski definition) is 6. The number of thioether (sulfide) groups is 1. The summed E-state index contributed by atoms with van der Waals surface area (Å²) in [7, 11) is 1.21. The molecule has 0 spiro atoms. The Labute approximate surface area is 235 Å². The second-order valence-corrected chi connectivity index (χ2v) is 11.6. The van der Waals surface area contributed by atoms with Crippen LogP contribution in [0.15, 0.2) is 52.0 Å². The van der Waals surface area contributed by atoms with Gasteiger partial charge in [-0.2, -0.15) is 30.0 Å². The second kappa shape index (κ2) is 12.3. The Morgan fingerprint density at radius 1 is 1.24 bits per heavy atom. The summed E-state index contributed by atoms with van der Waals surface area (Å²) in [6.45, 7) is 2.09. The van der Waals surface area contributed by atoms with Crippen LogP contribution < -0.4 is 4.31 Å². The molecular weight excluding hydrogens is 615 g/mol. The number of methoxy groups -OCH3 is 1. The van der Waals surface area contributed by atoms with E-state index in [0.29, 0.717) is 35.3 Å². The number of ether oxygens (including phenoxy) is 1. The molecule has 1 heterocycles. The van der Waals surface area contributed by atoms with E-state index < -0.39 is 33.5 Å². The highest BCUT2D eigenvalue weighted by Gasteiger charge is 2.43. The summed E-state index contributed by atoms with van der Waals surface area (Å²) in [5, 5.41) is 4.65. The zero-order valence-corrected chi connectivity index (χ0v) is 24.1. The van der Waals surface area contributed by atoms with E-state index in [0.717, 1.165) is 22.7 Å². The summed E-state index contributed by atoms with van der Waals surface area (Å²) in [5.41, 5.74) is -0.319. The number of benzene rings is 2. The summed E-state index contributed by atoms with van der Waals surface area (Å²) >= 11 is 11.6. The molecule has 200 valence electrons. The summed E-state index contributed by atoms with van der Waals surface area (Å²) < 4.78 is 46.5. The molecular formula is C24H24BrClF3N3O3S2. The largest absolute Gasteiger partial charge is 0.460 e. The van der Waals surface area contributed by atoms with Gasteiger partial charge in [-0.25, -0.2) is 18.9 Å². The maximum Gasteiger partial charge on any atom is 0.417 e. The number of carbonyl (C=O) groups is 2. The van der Waals surface area contributed by atoms with Crippen molar-refractivity contribution in [2.45, 2.75) is 25.9 Å². The topological polar surface area (TPSA) is 62.2 Å². The minimum atomic E-state index is -4.59. The number of hydrogen-bond donors (Lipinski definition) is 0. The first kappa shape index (κ1) is 29.7. The van der Waals surface area contributed by atoms with E-state index >= 15 is 0 Å². The van der Waals surface area contributed by atoms with Crippen molar-refractivity contribution < 1.29 is 27.5 Å². The Hall–Kier alpha value is -1.89. The van der Waals surface area contributed by atoms with Crippen molar-refractivity contribution in [1.29, 1.82) is 0 Å². The van der Waals surface area contributed by atoms with Crippen molar-refractivity contribution in [3.63, 3.8) is 0 Å². The Bertz CT molecular complexity index is 1180. The van der Waals surface area contributed by atoms with Gasteiger partial charge in [-0.15, -0.1) is 0 Å². The first-order valence-electron chi connectivity index (χ1n) is 11.0. The molecule has 6 nitrogen and oxygen atoms in total. The van der Waals surface area contributed by atoms with E-state index in [1.54, 1.807) is 36.0 Å². The number of carbonyl (C=O) groups excluding carboxylic acids is 2. The molecule has 0 N–H and O–H groups in total. The van der Waals surface area contributed by atoms with E-state index in [1.165, 1.54) is 28.6 Å². The van der Waals surface area contributed by atoms with E-state index in [2.05, 4.69) is 21.0 Å². The van der Waals surface area contributed by atoms with Crippen molar-refractivity contribution in [1.82, 2.24) is 5.01 Å². The smallest absolute Gasteiger partial charge is 0.417 e. The molecule has 1 unspecified atom stereocenters. The van der Waals surface area contributed by atoms with Gasteiger partial charge in [0.1, 0.15) is 0 Å². The maximum atomic E-state index is 13.7. The van der Waals surface area contributed by atoms with Gasteiger partial charge >= 0.3 is 17.5 Å². The van der Waals surface area contributed by atoms with E-state index in [1.807, 2.05) is 13.2 Å². The average molecular weight is 639 g/mol. The van der Waals surface area contributed by atoms with Gasteiger partial charge in [0, 0.05) is 9.89 Å². The molecule has 0 saturated heterocycles. The van der Waals surface area contributed by atoms with Crippen molar-refractivity contribution in [3.05, 3.63) is 63.1 Å². The molecule has 37 heavy (non-hydrogen) atoms. The van der Waals surface area contributed by atoms with Crippen molar-refractivity contribution in [2.24, 2.45) is 10.5 Å². The Morgan fingerprint density at radius 3 is 2.49 bits per heavy atom. The van der Waals surface area contributed by atoms with Crippen LogP contribution in [0.2, 0.25) is 5.02 Å². The molecule has 0 radical (unpaired) electrons. The molecule has 1 atom stereocenters. The predicted octanol–water partition coefficient (Wildman–Crippen LogP) is 8.33. The van der Waals surface area contributed by atoms with Gasteiger partial charge in [-0.1, -0.05) is 40.5 Å². The third kappa shape index (κ3) is 7.15. The number of amides is 2. The summed E-state index contributed by atoms with van der Waals surface area (Å²) in [5.74, 6) is 0.869. The minimum Gasteiger partial charge on any atom is -0.460 e. The van der Waals surface area contributed by atoms with Gasteiger partial charge in [0.05, 0.1) is 47.6 Å². The highest BCUT2D eigenvalue weighted by atomic mass is 79.9. The van der Waals surface area contributed by atoms with Crippen LogP contribution in [0.3, 0.4) is 0 Å². The number of alkyl halides is 3. The highest BCUT2D eigenvalue weighted by Crippen LogP contribution is 2.40. The summed E-state index contributed by atoms with van der Waals surface area (Å²) in [6, 6.07) is 9.66. The van der Waals surface area contributed by atoms with Gasteiger partial charge in [-0.3, -0.25) is 0 Å². The number of urea groups is 1. The molecule has 0 aliphatic carbocycles.